The van der Waals surface area contributed by atoms with Crippen molar-refractivity contribution in [3.8, 4) is 11.5 Å². The first-order valence-corrected chi connectivity index (χ1v) is 10.7. The number of nitrogens with zero attached hydrogens (tertiary/aromatic N) is 2. The number of carbonyl (C=O) groups is 1. The monoisotopic (exact) mass is 423 g/mol. The van der Waals surface area contributed by atoms with Crippen molar-refractivity contribution in [2.75, 3.05) is 38.8 Å². The minimum atomic E-state index is -0.0244. The van der Waals surface area contributed by atoms with E-state index in [0.717, 1.165) is 67.6 Å². The van der Waals surface area contributed by atoms with E-state index in [4.69, 9.17) is 9.47 Å². The minimum Gasteiger partial charge on any atom is -0.454 e. The van der Waals surface area contributed by atoms with Crippen LogP contribution in [0.5, 0.6) is 11.5 Å². The number of rotatable bonds is 6. The van der Waals surface area contributed by atoms with Crippen molar-refractivity contribution >= 4 is 17.7 Å². The molecule has 4 rings (SSSR count). The van der Waals surface area contributed by atoms with Gasteiger partial charge in [-0.1, -0.05) is 18.2 Å². The highest BCUT2D eigenvalue weighted by molar-refractivity contribution is 5.89. The molecule has 0 saturated carbocycles. The number of hydrogen-bond acceptors (Lipinski definition) is 4. The van der Waals surface area contributed by atoms with Gasteiger partial charge in [0.05, 0.1) is 0 Å². The average Bonchev–Trinajstić information content (AvgIpc) is 3.48. The second kappa shape index (κ2) is 10.1. The smallest absolute Gasteiger partial charge is 0.321 e. The van der Waals surface area contributed by atoms with Gasteiger partial charge in [0.1, 0.15) is 0 Å². The highest BCUT2D eigenvalue weighted by atomic mass is 16.7. The van der Waals surface area contributed by atoms with Crippen LogP contribution in [-0.2, 0) is 13.0 Å². The molecule has 2 aliphatic rings. The summed E-state index contributed by atoms with van der Waals surface area (Å²) in [6, 6.07) is 13.9. The van der Waals surface area contributed by atoms with Crippen LogP contribution < -0.4 is 25.4 Å². The number of anilines is 1. The van der Waals surface area contributed by atoms with Crippen molar-refractivity contribution in [3.63, 3.8) is 0 Å². The zero-order valence-electron chi connectivity index (χ0n) is 17.8. The van der Waals surface area contributed by atoms with Crippen molar-refractivity contribution < 1.29 is 14.3 Å². The molecule has 0 radical (unpaired) electrons. The molecule has 1 saturated heterocycles. The number of amides is 2. The summed E-state index contributed by atoms with van der Waals surface area (Å²) in [5.74, 6) is 2.33. The van der Waals surface area contributed by atoms with E-state index in [1.54, 1.807) is 7.05 Å². The number of urea groups is 1. The number of likely N-dealkylation sites (tertiary alicyclic amines) is 1. The Kier molecular flexibility index (Phi) is 6.76. The number of guanidine groups is 1. The van der Waals surface area contributed by atoms with Gasteiger partial charge in [0.2, 0.25) is 6.79 Å². The number of carbonyl (C=O) groups excluding carboxylic acids is 1. The van der Waals surface area contributed by atoms with Crippen molar-refractivity contribution in [3.05, 3.63) is 53.6 Å². The second-order valence-electron chi connectivity index (χ2n) is 7.61. The van der Waals surface area contributed by atoms with E-state index in [2.05, 4.69) is 20.9 Å². The van der Waals surface area contributed by atoms with Crippen molar-refractivity contribution in [1.82, 2.24) is 15.5 Å². The number of hydrogen-bond donors (Lipinski definition) is 3. The van der Waals surface area contributed by atoms with E-state index in [0.29, 0.717) is 6.54 Å². The van der Waals surface area contributed by atoms with Crippen molar-refractivity contribution in [1.29, 1.82) is 0 Å². The Morgan fingerprint density at radius 1 is 1.03 bits per heavy atom. The first-order valence-electron chi connectivity index (χ1n) is 10.7. The van der Waals surface area contributed by atoms with Gasteiger partial charge < -0.3 is 30.3 Å². The van der Waals surface area contributed by atoms with E-state index in [1.807, 2.05) is 47.4 Å². The van der Waals surface area contributed by atoms with Crippen LogP contribution in [0.4, 0.5) is 10.5 Å². The van der Waals surface area contributed by atoms with Gasteiger partial charge in [-0.25, -0.2) is 4.79 Å². The highest BCUT2D eigenvalue weighted by Gasteiger charge is 2.17. The standard InChI is InChI=1S/C23H29N5O3/c1-24-22(25-10-9-17-7-8-20-21(14-17)31-16-30-20)26-15-18-5-4-6-19(13-18)27-23(29)28-11-2-3-12-28/h4-8,13-14H,2-3,9-12,15-16H2,1H3,(H,27,29)(H2,24,25,26). The van der Waals surface area contributed by atoms with Crippen LogP contribution in [0.15, 0.2) is 47.5 Å². The number of benzene rings is 2. The number of aliphatic imine (C=N–C) groups is 1. The molecule has 2 aromatic carbocycles. The summed E-state index contributed by atoms with van der Waals surface area (Å²) in [5.41, 5.74) is 3.05. The Morgan fingerprint density at radius 3 is 2.71 bits per heavy atom. The summed E-state index contributed by atoms with van der Waals surface area (Å²) in [7, 11) is 1.75. The first kappa shape index (κ1) is 20.8. The molecule has 3 N–H and O–H groups in total. The van der Waals surface area contributed by atoms with E-state index in [1.165, 1.54) is 5.56 Å². The normalized spacial score (nSPS) is 15.1. The third kappa shape index (κ3) is 5.59. The Balaban J connectivity index is 1.23. The van der Waals surface area contributed by atoms with Gasteiger partial charge in [0.25, 0.3) is 0 Å². The number of fused-ring (bicyclic) bond motifs is 1. The molecule has 8 heteroatoms. The lowest BCUT2D eigenvalue weighted by molar-refractivity contribution is 0.174. The average molecular weight is 424 g/mol. The van der Waals surface area contributed by atoms with Crippen LogP contribution in [0.3, 0.4) is 0 Å². The van der Waals surface area contributed by atoms with Crippen LogP contribution in [0.2, 0.25) is 0 Å². The van der Waals surface area contributed by atoms with Gasteiger partial charge in [-0.15, -0.1) is 0 Å². The summed E-state index contributed by atoms with van der Waals surface area (Å²) < 4.78 is 10.8. The SMILES string of the molecule is CN=C(NCCc1ccc2c(c1)OCO2)NCc1cccc(NC(=O)N2CCCC2)c1. The molecule has 0 bridgehead atoms. The lowest BCUT2D eigenvalue weighted by Crippen LogP contribution is -2.37. The zero-order chi connectivity index (χ0) is 21.5. The minimum absolute atomic E-state index is 0.0244. The van der Waals surface area contributed by atoms with Crippen LogP contribution >= 0.6 is 0 Å². The van der Waals surface area contributed by atoms with E-state index < -0.39 is 0 Å². The predicted octanol–water partition coefficient (Wildman–Crippen LogP) is 2.95. The summed E-state index contributed by atoms with van der Waals surface area (Å²) >= 11 is 0. The molecule has 0 spiro atoms. The third-order valence-corrected chi connectivity index (χ3v) is 5.40. The maximum absolute atomic E-state index is 12.3. The molecule has 164 valence electrons. The van der Waals surface area contributed by atoms with Gasteiger partial charge in [-0.05, 0) is 54.7 Å². The summed E-state index contributed by atoms with van der Waals surface area (Å²) in [6.45, 7) is 3.31. The predicted molar refractivity (Wildman–Crippen MR) is 121 cm³/mol. The fraction of sp³-hybridized carbons (Fsp3) is 0.391. The molecule has 2 amide bonds. The largest absolute Gasteiger partial charge is 0.454 e. The Bertz CT molecular complexity index is 941. The number of nitrogens with one attached hydrogen (secondary N) is 3. The summed E-state index contributed by atoms with van der Waals surface area (Å²) in [5, 5.41) is 9.64. The lowest BCUT2D eigenvalue weighted by atomic mass is 10.1. The van der Waals surface area contributed by atoms with Gasteiger partial charge in [-0.2, -0.15) is 0 Å². The van der Waals surface area contributed by atoms with Gasteiger partial charge >= 0.3 is 6.03 Å². The van der Waals surface area contributed by atoms with Gasteiger partial charge in [-0.3, -0.25) is 4.99 Å². The van der Waals surface area contributed by atoms with E-state index in [9.17, 15) is 4.79 Å². The molecule has 0 aliphatic carbocycles. The lowest BCUT2D eigenvalue weighted by Gasteiger charge is -2.17. The number of ether oxygens (including phenoxy) is 2. The van der Waals surface area contributed by atoms with E-state index >= 15 is 0 Å². The molecule has 8 nitrogen and oxygen atoms in total. The molecule has 0 aromatic heterocycles. The zero-order valence-corrected chi connectivity index (χ0v) is 17.8. The summed E-state index contributed by atoms with van der Waals surface area (Å²) in [4.78, 5) is 18.4. The molecule has 1 fully saturated rings. The topological polar surface area (TPSA) is 87.2 Å². The van der Waals surface area contributed by atoms with Crippen molar-refractivity contribution in [2.45, 2.75) is 25.8 Å². The third-order valence-electron chi connectivity index (χ3n) is 5.40. The van der Waals surface area contributed by atoms with Gasteiger partial charge in [0.15, 0.2) is 17.5 Å². The van der Waals surface area contributed by atoms with E-state index in [-0.39, 0.29) is 12.8 Å². The second-order valence-corrected chi connectivity index (χ2v) is 7.61. The molecule has 2 aliphatic heterocycles. The molecule has 0 unspecified atom stereocenters. The Hall–Kier alpha value is -3.42. The van der Waals surface area contributed by atoms with Crippen LogP contribution in [0.25, 0.3) is 0 Å². The Morgan fingerprint density at radius 2 is 1.87 bits per heavy atom. The maximum atomic E-state index is 12.3. The van der Waals surface area contributed by atoms with Crippen LogP contribution in [0.1, 0.15) is 24.0 Å². The highest BCUT2D eigenvalue weighted by Crippen LogP contribution is 2.32. The summed E-state index contributed by atoms with van der Waals surface area (Å²) in [6.07, 6.45) is 3.01. The maximum Gasteiger partial charge on any atom is 0.321 e. The molecule has 2 heterocycles. The quantitative estimate of drug-likeness (QED) is 0.491. The molecule has 0 atom stereocenters. The van der Waals surface area contributed by atoms with Crippen LogP contribution in [0, 0.1) is 0 Å². The van der Waals surface area contributed by atoms with Crippen molar-refractivity contribution in [2.24, 2.45) is 4.99 Å². The molecular weight excluding hydrogens is 394 g/mol. The molecule has 31 heavy (non-hydrogen) atoms. The molecule has 2 aromatic rings. The fourth-order valence-corrected chi connectivity index (χ4v) is 3.71. The van der Waals surface area contributed by atoms with Crippen LogP contribution in [-0.4, -0.2) is 50.4 Å². The Labute approximate surface area is 182 Å². The first-order chi connectivity index (χ1) is 15.2. The van der Waals surface area contributed by atoms with Gasteiger partial charge in [0, 0.05) is 38.9 Å². The molecular formula is C23H29N5O3. The fourth-order valence-electron chi connectivity index (χ4n) is 3.71.